The van der Waals surface area contributed by atoms with E-state index in [1.165, 1.54) is 17.5 Å². The third-order valence-corrected chi connectivity index (χ3v) is 4.24. The van der Waals surface area contributed by atoms with E-state index < -0.39 is 0 Å². The summed E-state index contributed by atoms with van der Waals surface area (Å²) >= 11 is 1.36. The Hall–Kier alpha value is -2.74. The number of hydrogen-bond acceptors (Lipinski definition) is 6. The molecule has 0 atom stereocenters. The molecule has 2 aromatic heterocycles. The smallest absolute Gasteiger partial charge is 0.261 e. The molecule has 3 aromatic rings. The van der Waals surface area contributed by atoms with Crippen LogP contribution in [0.1, 0.15) is 22.3 Å². The van der Waals surface area contributed by atoms with Gasteiger partial charge in [0.15, 0.2) is 0 Å². The quantitative estimate of drug-likeness (QED) is 0.751. The van der Waals surface area contributed by atoms with Crippen molar-refractivity contribution in [2.45, 2.75) is 13.3 Å². The Bertz CT molecular complexity index is 809. The van der Waals surface area contributed by atoms with Crippen molar-refractivity contribution < 1.29 is 9.53 Å². The Labute approximate surface area is 136 Å². The van der Waals surface area contributed by atoms with Gasteiger partial charge < -0.3 is 4.74 Å². The van der Waals surface area contributed by atoms with Gasteiger partial charge in [0, 0.05) is 5.56 Å². The number of hydrogen-bond donors (Lipinski definition) is 2. The van der Waals surface area contributed by atoms with Crippen molar-refractivity contribution in [3.63, 3.8) is 0 Å². The van der Waals surface area contributed by atoms with Gasteiger partial charge in [0.1, 0.15) is 10.8 Å². The first-order valence-electron chi connectivity index (χ1n) is 7.02. The number of carbonyl (C=O) groups excluding carboxylic acids is 1. The molecule has 0 aliphatic heterocycles. The average Bonchev–Trinajstić information content (AvgIpc) is 3.24. The van der Waals surface area contributed by atoms with E-state index in [1.807, 2.05) is 31.2 Å². The van der Waals surface area contributed by atoms with E-state index in [0.29, 0.717) is 16.4 Å². The van der Waals surface area contributed by atoms with Crippen molar-refractivity contribution in [3.05, 3.63) is 41.0 Å². The standard InChI is InChI=1S/C15H15N5O2S/c1-3-12-18-20-15(23-12)17-14(21)11-8-16-19-13(11)9-4-6-10(22-2)7-5-9/h4-8H,3H2,1-2H3,(H,16,19)(H,17,20,21). The summed E-state index contributed by atoms with van der Waals surface area (Å²) in [5, 5.41) is 18.9. The topological polar surface area (TPSA) is 92.8 Å². The fraction of sp³-hybridized carbons (Fsp3) is 0.200. The number of methoxy groups -OCH3 is 1. The van der Waals surface area contributed by atoms with E-state index in [4.69, 9.17) is 4.74 Å². The molecule has 23 heavy (non-hydrogen) atoms. The molecule has 0 bridgehead atoms. The number of carbonyl (C=O) groups is 1. The Morgan fingerprint density at radius 2 is 2.09 bits per heavy atom. The van der Waals surface area contributed by atoms with Crippen molar-refractivity contribution >= 4 is 22.4 Å². The first kappa shape index (κ1) is 15.2. The molecule has 0 spiro atoms. The summed E-state index contributed by atoms with van der Waals surface area (Å²) in [6.45, 7) is 1.99. The van der Waals surface area contributed by atoms with Crippen molar-refractivity contribution in [2.24, 2.45) is 0 Å². The summed E-state index contributed by atoms with van der Waals surface area (Å²) in [4.78, 5) is 12.4. The number of rotatable bonds is 5. The fourth-order valence-electron chi connectivity index (χ4n) is 2.05. The van der Waals surface area contributed by atoms with E-state index in [1.54, 1.807) is 7.11 Å². The number of anilines is 1. The summed E-state index contributed by atoms with van der Waals surface area (Å²) < 4.78 is 5.14. The van der Waals surface area contributed by atoms with Gasteiger partial charge in [0.05, 0.1) is 24.6 Å². The van der Waals surface area contributed by atoms with Crippen molar-refractivity contribution in [3.8, 4) is 17.0 Å². The second-order valence-corrected chi connectivity index (χ2v) is 5.76. The third kappa shape index (κ3) is 3.21. The predicted molar refractivity (Wildman–Crippen MR) is 87.8 cm³/mol. The van der Waals surface area contributed by atoms with E-state index >= 15 is 0 Å². The zero-order chi connectivity index (χ0) is 16.2. The molecule has 3 rings (SSSR count). The highest BCUT2D eigenvalue weighted by atomic mass is 32.1. The molecule has 0 radical (unpaired) electrons. The first-order valence-corrected chi connectivity index (χ1v) is 7.84. The summed E-state index contributed by atoms with van der Waals surface area (Å²) in [6, 6.07) is 7.39. The molecular weight excluding hydrogens is 314 g/mol. The lowest BCUT2D eigenvalue weighted by Gasteiger charge is -2.04. The zero-order valence-electron chi connectivity index (χ0n) is 12.7. The molecule has 0 saturated carbocycles. The lowest BCUT2D eigenvalue weighted by atomic mass is 10.1. The summed E-state index contributed by atoms with van der Waals surface area (Å²) in [5.41, 5.74) is 1.94. The van der Waals surface area contributed by atoms with Gasteiger partial charge in [0.25, 0.3) is 5.91 Å². The van der Waals surface area contributed by atoms with Crippen LogP contribution in [-0.4, -0.2) is 33.4 Å². The second kappa shape index (κ2) is 6.57. The number of ether oxygens (including phenoxy) is 1. The maximum absolute atomic E-state index is 12.4. The van der Waals surface area contributed by atoms with Crippen LogP contribution in [0.15, 0.2) is 30.5 Å². The fourth-order valence-corrected chi connectivity index (χ4v) is 2.72. The summed E-state index contributed by atoms with van der Waals surface area (Å²) in [6.07, 6.45) is 2.28. The molecule has 0 saturated heterocycles. The normalized spacial score (nSPS) is 10.5. The highest BCUT2D eigenvalue weighted by molar-refractivity contribution is 7.15. The Balaban J connectivity index is 1.83. The molecule has 2 heterocycles. The highest BCUT2D eigenvalue weighted by Crippen LogP contribution is 2.25. The Kier molecular flexibility index (Phi) is 4.33. The van der Waals surface area contributed by atoms with Crippen LogP contribution in [0.5, 0.6) is 5.75 Å². The molecule has 0 aliphatic rings. The summed E-state index contributed by atoms with van der Waals surface area (Å²) in [5.74, 6) is 0.476. The molecule has 118 valence electrons. The van der Waals surface area contributed by atoms with Crippen molar-refractivity contribution in [1.82, 2.24) is 20.4 Å². The summed E-state index contributed by atoms with van der Waals surface area (Å²) in [7, 11) is 1.61. The predicted octanol–water partition coefficient (Wildman–Crippen LogP) is 2.75. The largest absolute Gasteiger partial charge is 0.497 e. The maximum atomic E-state index is 12.4. The molecule has 7 nitrogen and oxygen atoms in total. The van der Waals surface area contributed by atoms with Crippen LogP contribution in [-0.2, 0) is 6.42 Å². The van der Waals surface area contributed by atoms with Gasteiger partial charge in [-0.3, -0.25) is 15.2 Å². The molecular formula is C15H15N5O2S. The van der Waals surface area contributed by atoms with Crippen LogP contribution in [0.4, 0.5) is 5.13 Å². The number of nitrogens with one attached hydrogen (secondary N) is 2. The van der Waals surface area contributed by atoms with E-state index in [2.05, 4.69) is 25.7 Å². The number of aromatic amines is 1. The molecule has 0 aliphatic carbocycles. The van der Waals surface area contributed by atoms with Crippen LogP contribution in [0.2, 0.25) is 0 Å². The van der Waals surface area contributed by atoms with Crippen LogP contribution < -0.4 is 10.1 Å². The van der Waals surface area contributed by atoms with Gasteiger partial charge >= 0.3 is 0 Å². The molecule has 1 aromatic carbocycles. The maximum Gasteiger partial charge on any atom is 0.261 e. The highest BCUT2D eigenvalue weighted by Gasteiger charge is 2.17. The number of nitrogens with zero attached hydrogens (tertiary/aromatic N) is 3. The number of H-pyrrole nitrogens is 1. The van der Waals surface area contributed by atoms with Crippen LogP contribution in [0.3, 0.4) is 0 Å². The third-order valence-electron chi connectivity index (χ3n) is 3.25. The van der Waals surface area contributed by atoms with Crippen molar-refractivity contribution in [1.29, 1.82) is 0 Å². The van der Waals surface area contributed by atoms with Gasteiger partial charge in [-0.1, -0.05) is 18.3 Å². The van der Waals surface area contributed by atoms with Crippen molar-refractivity contribution in [2.75, 3.05) is 12.4 Å². The number of amides is 1. The van der Waals surface area contributed by atoms with Crippen LogP contribution in [0.25, 0.3) is 11.3 Å². The Morgan fingerprint density at radius 1 is 1.30 bits per heavy atom. The van der Waals surface area contributed by atoms with Gasteiger partial charge in [-0.25, -0.2) is 0 Å². The molecule has 0 unspecified atom stereocenters. The zero-order valence-corrected chi connectivity index (χ0v) is 13.5. The lowest BCUT2D eigenvalue weighted by molar-refractivity contribution is 0.102. The van der Waals surface area contributed by atoms with Gasteiger partial charge in [-0.2, -0.15) is 5.10 Å². The van der Waals surface area contributed by atoms with E-state index in [-0.39, 0.29) is 5.91 Å². The van der Waals surface area contributed by atoms with Crippen LogP contribution >= 0.6 is 11.3 Å². The Morgan fingerprint density at radius 3 is 2.74 bits per heavy atom. The van der Waals surface area contributed by atoms with Crippen LogP contribution in [0, 0.1) is 0 Å². The molecule has 1 amide bonds. The van der Waals surface area contributed by atoms with Gasteiger partial charge in [0.2, 0.25) is 5.13 Å². The SMILES string of the molecule is CCc1nnc(NC(=O)c2cn[nH]c2-c2ccc(OC)cc2)s1. The molecule has 0 fully saturated rings. The second-order valence-electron chi connectivity index (χ2n) is 4.70. The number of aromatic nitrogens is 4. The minimum atomic E-state index is -0.275. The average molecular weight is 329 g/mol. The van der Waals surface area contributed by atoms with Gasteiger partial charge in [-0.15, -0.1) is 10.2 Å². The van der Waals surface area contributed by atoms with E-state index in [0.717, 1.165) is 22.7 Å². The monoisotopic (exact) mass is 329 g/mol. The lowest BCUT2D eigenvalue weighted by Crippen LogP contribution is -2.12. The number of benzene rings is 1. The van der Waals surface area contributed by atoms with E-state index in [9.17, 15) is 4.79 Å². The first-order chi connectivity index (χ1) is 11.2. The minimum Gasteiger partial charge on any atom is -0.497 e. The van der Waals surface area contributed by atoms with Gasteiger partial charge in [-0.05, 0) is 30.7 Å². The minimum absolute atomic E-state index is 0.275. The molecule has 2 N–H and O–H groups in total. The number of aryl methyl sites for hydroxylation is 1. The molecule has 8 heteroatoms.